The first-order valence-corrected chi connectivity index (χ1v) is 7.26. The van der Waals surface area contributed by atoms with E-state index < -0.39 is 5.97 Å². The summed E-state index contributed by atoms with van der Waals surface area (Å²) < 4.78 is 15.6. The number of benzene rings is 2. The zero-order valence-electron chi connectivity index (χ0n) is 13.3. The van der Waals surface area contributed by atoms with Crippen molar-refractivity contribution in [2.24, 2.45) is 0 Å². The summed E-state index contributed by atoms with van der Waals surface area (Å²) in [6, 6.07) is 15.1. The van der Waals surface area contributed by atoms with Gasteiger partial charge in [-0.05, 0) is 12.1 Å². The molecule has 3 rings (SSSR count). The third-order valence-electron chi connectivity index (χ3n) is 3.42. The maximum atomic E-state index is 11.7. The molecule has 122 valence electrons. The molecule has 0 aliphatic heterocycles. The van der Waals surface area contributed by atoms with Crippen molar-refractivity contribution in [1.29, 1.82) is 0 Å². The zero-order chi connectivity index (χ0) is 16.9. The van der Waals surface area contributed by atoms with E-state index in [4.69, 9.17) is 13.9 Å². The topological polar surface area (TPSA) is 73.6 Å². The van der Waals surface area contributed by atoms with Crippen LogP contribution in [-0.4, -0.2) is 25.2 Å². The first kappa shape index (κ1) is 15.6. The predicted molar refractivity (Wildman–Crippen MR) is 89.6 cm³/mol. The minimum Gasteiger partial charge on any atom is -0.496 e. The van der Waals surface area contributed by atoms with Gasteiger partial charge >= 0.3 is 5.97 Å². The molecule has 0 unspecified atom stereocenters. The Morgan fingerprint density at radius 1 is 1.12 bits per heavy atom. The van der Waals surface area contributed by atoms with Crippen LogP contribution < -0.4 is 10.1 Å². The first-order chi connectivity index (χ1) is 11.7. The average molecular weight is 324 g/mol. The lowest BCUT2D eigenvalue weighted by atomic mass is 10.2. The molecule has 0 amide bonds. The highest BCUT2D eigenvalue weighted by atomic mass is 16.5. The van der Waals surface area contributed by atoms with Crippen molar-refractivity contribution in [2.45, 2.75) is 0 Å². The summed E-state index contributed by atoms with van der Waals surface area (Å²) in [6.45, 7) is 0. The number of rotatable bonds is 5. The van der Waals surface area contributed by atoms with Crippen molar-refractivity contribution < 1.29 is 18.7 Å². The molecule has 0 fully saturated rings. The average Bonchev–Trinajstić information content (AvgIpc) is 3.10. The Morgan fingerprint density at radius 2 is 1.92 bits per heavy atom. The van der Waals surface area contributed by atoms with Crippen molar-refractivity contribution in [3.8, 4) is 17.1 Å². The van der Waals surface area contributed by atoms with Gasteiger partial charge in [-0.1, -0.05) is 30.3 Å². The number of methoxy groups -OCH3 is 2. The van der Waals surface area contributed by atoms with Crippen LogP contribution in [0, 0.1) is 0 Å². The molecule has 2 aromatic carbocycles. The second-order valence-electron chi connectivity index (χ2n) is 4.93. The summed E-state index contributed by atoms with van der Waals surface area (Å²) in [5, 5.41) is 3.04. The van der Waals surface area contributed by atoms with E-state index in [1.165, 1.54) is 14.2 Å². The fourth-order valence-corrected chi connectivity index (χ4v) is 2.24. The van der Waals surface area contributed by atoms with Crippen LogP contribution in [0.15, 0.2) is 59.1 Å². The van der Waals surface area contributed by atoms with E-state index >= 15 is 0 Å². The third-order valence-corrected chi connectivity index (χ3v) is 3.42. The van der Waals surface area contributed by atoms with Gasteiger partial charge in [0.1, 0.15) is 11.3 Å². The van der Waals surface area contributed by atoms with E-state index in [-0.39, 0.29) is 0 Å². The molecular formula is C18H16N2O4. The lowest BCUT2D eigenvalue weighted by molar-refractivity contribution is 0.0597. The fraction of sp³-hybridized carbons (Fsp3) is 0.111. The second-order valence-corrected chi connectivity index (χ2v) is 4.93. The molecule has 0 bridgehead atoms. The maximum Gasteiger partial charge on any atom is 0.341 e. The largest absolute Gasteiger partial charge is 0.496 e. The summed E-state index contributed by atoms with van der Waals surface area (Å²) in [5.74, 6) is 0.610. The van der Waals surface area contributed by atoms with Crippen molar-refractivity contribution in [1.82, 2.24) is 4.98 Å². The smallest absolute Gasteiger partial charge is 0.341 e. The van der Waals surface area contributed by atoms with Crippen LogP contribution in [0.4, 0.5) is 11.7 Å². The number of carbonyl (C=O) groups excluding carboxylic acids is 1. The predicted octanol–water partition coefficient (Wildman–Crippen LogP) is 3.88. The minimum absolute atomic E-state index is 0.349. The summed E-state index contributed by atoms with van der Waals surface area (Å²) >= 11 is 0. The van der Waals surface area contributed by atoms with Crippen LogP contribution in [0.2, 0.25) is 0 Å². The number of oxazole rings is 1. The molecule has 0 atom stereocenters. The highest BCUT2D eigenvalue weighted by Gasteiger charge is 2.14. The van der Waals surface area contributed by atoms with Crippen molar-refractivity contribution in [3.05, 3.63) is 60.3 Å². The van der Waals surface area contributed by atoms with Gasteiger partial charge in [-0.15, -0.1) is 0 Å². The molecule has 1 heterocycles. The molecule has 0 saturated carbocycles. The number of anilines is 2. The Hall–Kier alpha value is -3.28. The molecule has 0 aliphatic rings. The van der Waals surface area contributed by atoms with Gasteiger partial charge in [0, 0.05) is 17.3 Å². The van der Waals surface area contributed by atoms with Gasteiger partial charge < -0.3 is 19.2 Å². The molecule has 24 heavy (non-hydrogen) atoms. The number of ether oxygens (including phenoxy) is 2. The molecule has 6 nitrogen and oxygen atoms in total. The van der Waals surface area contributed by atoms with Crippen LogP contribution in [0.25, 0.3) is 11.3 Å². The molecule has 0 saturated heterocycles. The minimum atomic E-state index is -0.458. The van der Waals surface area contributed by atoms with Gasteiger partial charge in [-0.25, -0.2) is 9.78 Å². The molecular weight excluding hydrogens is 308 g/mol. The fourth-order valence-electron chi connectivity index (χ4n) is 2.24. The lowest BCUT2D eigenvalue weighted by Gasteiger charge is -2.09. The normalized spacial score (nSPS) is 10.2. The van der Waals surface area contributed by atoms with Crippen LogP contribution >= 0.6 is 0 Å². The number of esters is 1. The van der Waals surface area contributed by atoms with Gasteiger partial charge in [0.2, 0.25) is 0 Å². The number of nitrogens with one attached hydrogen (secondary N) is 1. The Labute approximate surface area is 139 Å². The number of hydrogen-bond donors (Lipinski definition) is 1. The first-order valence-electron chi connectivity index (χ1n) is 7.26. The monoisotopic (exact) mass is 324 g/mol. The Kier molecular flexibility index (Phi) is 4.47. The molecule has 1 aromatic heterocycles. The van der Waals surface area contributed by atoms with E-state index in [1.54, 1.807) is 24.4 Å². The molecule has 0 aliphatic carbocycles. The quantitative estimate of drug-likeness (QED) is 0.718. The summed E-state index contributed by atoms with van der Waals surface area (Å²) in [6.07, 6.45) is 1.65. The van der Waals surface area contributed by atoms with Gasteiger partial charge in [-0.2, -0.15) is 0 Å². The molecule has 3 aromatic rings. The van der Waals surface area contributed by atoms with Gasteiger partial charge in [-0.3, -0.25) is 0 Å². The van der Waals surface area contributed by atoms with Crippen LogP contribution in [-0.2, 0) is 4.74 Å². The maximum absolute atomic E-state index is 11.7. The molecule has 0 spiro atoms. The number of hydrogen-bond acceptors (Lipinski definition) is 6. The van der Waals surface area contributed by atoms with Gasteiger partial charge in [0.25, 0.3) is 6.01 Å². The van der Waals surface area contributed by atoms with E-state index in [1.807, 2.05) is 30.3 Å². The Balaban J connectivity index is 1.82. The highest BCUT2D eigenvalue weighted by Crippen LogP contribution is 2.28. The Bertz CT molecular complexity index is 843. The van der Waals surface area contributed by atoms with Crippen LogP contribution in [0.1, 0.15) is 10.4 Å². The highest BCUT2D eigenvalue weighted by molar-refractivity contribution is 5.93. The summed E-state index contributed by atoms with van der Waals surface area (Å²) in [7, 11) is 2.82. The van der Waals surface area contributed by atoms with E-state index in [0.717, 1.165) is 5.56 Å². The third kappa shape index (κ3) is 3.22. The molecule has 1 N–H and O–H groups in total. The van der Waals surface area contributed by atoms with Gasteiger partial charge in [0.15, 0.2) is 5.76 Å². The van der Waals surface area contributed by atoms with Crippen molar-refractivity contribution in [3.63, 3.8) is 0 Å². The SMILES string of the molecule is COC(=O)c1ccc(Nc2ncc(-c3ccccc3)o2)cc1OC. The number of aromatic nitrogens is 1. The molecule has 0 radical (unpaired) electrons. The second kappa shape index (κ2) is 6.87. The Morgan fingerprint density at radius 3 is 2.62 bits per heavy atom. The zero-order valence-corrected chi connectivity index (χ0v) is 13.3. The summed E-state index contributed by atoms with van der Waals surface area (Å²) in [5.41, 5.74) is 1.97. The summed E-state index contributed by atoms with van der Waals surface area (Å²) in [4.78, 5) is 15.9. The van der Waals surface area contributed by atoms with E-state index in [2.05, 4.69) is 10.3 Å². The van der Waals surface area contributed by atoms with Crippen LogP contribution in [0.5, 0.6) is 5.75 Å². The number of carbonyl (C=O) groups is 1. The molecule has 6 heteroatoms. The standard InChI is InChI=1S/C18H16N2O4/c1-22-15-10-13(8-9-14(15)17(21)23-2)20-18-19-11-16(24-18)12-6-4-3-5-7-12/h3-11H,1-2H3,(H,19,20). The van der Waals surface area contributed by atoms with Crippen molar-refractivity contribution >= 4 is 17.7 Å². The van der Waals surface area contributed by atoms with Crippen LogP contribution in [0.3, 0.4) is 0 Å². The van der Waals surface area contributed by atoms with Crippen molar-refractivity contribution in [2.75, 3.05) is 19.5 Å². The van der Waals surface area contributed by atoms with E-state index in [9.17, 15) is 4.79 Å². The van der Waals surface area contributed by atoms with Gasteiger partial charge in [0.05, 0.1) is 20.4 Å². The van der Waals surface area contributed by atoms with E-state index in [0.29, 0.717) is 28.8 Å². The number of nitrogens with zero attached hydrogens (tertiary/aromatic N) is 1. The lowest BCUT2D eigenvalue weighted by Crippen LogP contribution is -2.04.